The van der Waals surface area contributed by atoms with E-state index in [2.05, 4.69) is 10.0 Å². The van der Waals surface area contributed by atoms with Gasteiger partial charge in [-0.2, -0.15) is 0 Å². The zero-order chi connectivity index (χ0) is 18.6. The van der Waals surface area contributed by atoms with Crippen molar-refractivity contribution < 1.29 is 22.7 Å². The molecule has 0 saturated heterocycles. The summed E-state index contributed by atoms with van der Waals surface area (Å²) in [7, 11) is -2.47. The van der Waals surface area contributed by atoms with Crippen LogP contribution in [0.25, 0.3) is 0 Å². The van der Waals surface area contributed by atoms with Crippen molar-refractivity contribution in [1.82, 2.24) is 10.0 Å². The van der Waals surface area contributed by atoms with Crippen LogP contribution in [0.3, 0.4) is 0 Å². The van der Waals surface area contributed by atoms with Crippen LogP contribution >= 0.6 is 11.6 Å². The van der Waals surface area contributed by atoms with Crippen molar-refractivity contribution in [2.75, 3.05) is 7.05 Å². The topological polar surface area (TPSA) is 102 Å². The largest absolute Gasteiger partial charge is 0.449 e. The third-order valence-corrected chi connectivity index (χ3v) is 5.83. The fourth-order valence-electron chi connectivity index (χ4n) is 2.61. The van der Waals surface area contributed by atoms with Crippen LogP contribution in [0.15, 0.2) is 23.1 Å². The van der Waals surface area contributed by atoms with E-state index in [0.717, 1.165) is 31.7 Å². The van der Waals surface area contributed by atoms with Crippen LogP contribution in [0.2, 0.25) is 5.02 Å². The van der Waals surface area contributed by atoms with Gasteiger partial charge in [-0.05, 0) is 45.0 Å². The summed E-state index contributed by atoms with van der Waals surface area (Å²) >= 11 is 5.97. The van der Waals surface area contributed by atoms with Gasteiger partial charge >= 0.3 is 5.97 Å². The van der Waals surface area contributed by atoms with Crippen LogP contribution in [0, 0.1) is 0 Å². The highest BCUT2D eigenvalue weighted by molar-refractivity contribution is 7.89. The minimum Gasteiger partial charge on any atom is -0.449 e. The number of hydrogen-bond donors (Lipinski definition) is 2. The number of carbonyl (C=O) groups excluding carboxylic acids is 2. The van der Waals surface area contributed by atoms with Gasteiger partial charge in [-0.1, -0.05) is 24.4 Å². The Morgan fingerprint density at radius 1 is 1.28 bits per heavy atom. The summed E-state index contributed by atoms with van der Waals surface area (Å²) in [6.45, 7) is 1.46. The Labute approximate surface area is 152 Å². The first kappa shape index (κ1) is 19.7. The normalized spacial score (nSPS) is 16.4. The molecule has 7 nitrogen and oxygen atoms in total. The number of hydrogen-bond acceptors (Lipinski definition) is 5. The van der Waals surface area contributed by atoms with Crippen molar-refractivity contribution in [3.05, 3.63) is 28.8 Å². The van der Waals surface area contributed by atoms with Gasteiger partial charge in [0.2, 0.25) is 10.0 Å². The van der Waals surface area contributed by atoms with Crippen molar-refractivity contribution in [1.29, 1.82) is 0 Å². The van der Waals surface area contributed by atoms with Crippen molar-refractivity contribution in [3.63, 3.8) is 0 Å². The molecular formula is C16H21ClN2O5S. The van der Waals surface area contributed by atoms with Gasteiger partial charge in [0, 0.05) is 6.04 Å². The van der Waals surface area contributed by atoms with E-state index in [0.29, 0.717) is 0 Å². The molecule has 138 valence electrons. The SMILES string of the molecule is CNS(=O)(=O)c1ccc(Cl)c(C(=O)O[C@@H](C)C(=O)NC2CCCC2)c1. The van der Waals surface area contributed by atoms with E-state index in [1.165, 1.54) is 26.1 Å². The molecule has 1 saturated carbocycles. The molecule has 0 aliphatic heterocycles. The summed E-state index contributed by atoms with van der Waals surface area (Å²) in [5.74, 6) is -1.23. The Balaban J connectivity index is 2.09. The molecule has 0 radical (unpaired) electrons. The Hall–Kier alpha value is -1.64. The lowest BCUT2D eigenvalue weighted by Gasteiger charge is -2.17. The number of nitrogens with one attached hydrogen (secondary N) is 2. The summed E-state index contributed by atoms with van der Waals surface area (Å²) in [5, 5.41) is 2.88. The molecule has 9 heteroatoms. The van der Waals surface area contributed by atoms with Gasteiger partial charge in [0.25, 0.3) is 5.91 Å². The molecule has 0 heterocycles. The predicted molar refractivity (Wildman–Crippen MR) is 93.0 cm³/mol. The second-order valence-corrected chi connectivity index (χ2v) is 8.18. The first-order valence-corrected chi connectivity index (χ1v) is 9.85. The highest BCUT2D eigenvalue weighted by Gasteiger charge is 2.25. The zero-order valence-corrected chi connectivity index (χ0v) is 15.6. The first-order valence-electron chi connectivity index (χ1n) is 7.99. The van der Waals surface area contributed by atoms with E-state index in [1.807, 2.05) is 0 Å². The quantitative estimate of drug-likeness (QED) is 0.724. The molecule has 0 bridgehead atoms. The minimum absolute atomic E-state index is 0.0449. The fourth-order valence-corrected chi connectivity index (χ4v) is 3.56. The van der Waals surface area contributed by atoms with Gasteiger partial charge < -0.3 is 10.1 Å². The van der Waals surface area contributed by atoms with Crippen molar-refractivity contribution in [2.45, 2.75) is 49.6 Å². The Morgan fingerprint density at radius 3 is 2.52 bits per heavy atom. The van der Waals surface area contributed by atoms with Crippen LogP contribution in [0.1, 0.15) is 43.0 Å². The lowest BCUT2D eigenvalue weighted by atomic mass is 10.2. The molecule has 0 unspecified atom stereocenters. The number of carbonyl (C=O) groups is 2. The smallest absolute Gasteiger partial charge is 0.340 e. The predicted octanol–water partition coefficient (Wildman–Crippen LogP) is 1.85. The number of benzene rings is 1. The number of rotatable bonds is 6. The van der Waals surface area contributed by atoms with Gasteiger partial charge in [-0.25, -0.2) is 17.9 Å². The van der Waals surface area contributed by atoms with E-state index in [1.54, 1.807) is 0 Å². The maximum atomic E-state index is 12.3. The fraction of sp³-hybridized carbons (Fsp3) is 0.500. The minimum atomic E-state index is -3.73. The van der Waals surface area contributed by atoms with Gasteiger partial charge in [0.15, 0.2) is 6.10 Å². The maximum Gasteiger partial charge on any atom is 0.340 e. The molecule has 1 amide bonds. The second kappa shape index (κ2) is 8.16. The molecule has 2 N–H and O–H groups in total. The van der Waals surface area contributed by atoms with Gasteiger partial charge in [0.05, 0.1) is 15.5 Å². The third-order valence-electron chi connectivity index (χ3n) is 4.09. The van der Waals surface area contributed by atoms with E-state index in [9.17, 15) is 18.0 Å². The number of amides is 1. The number of sulfonamides is 1. The second-order valence-electron chi connectivity index (χ2n) is 5.89. The first-order chi connectivity index (χ1) is 11.7. The van der Waals surface area contributed by atoms with E-state index >= 15 is 0 Å². The van der Waals surface area contributed by atoms with E-state index < -0.39 is 22.1 Å². The standard InChI is InChI=1S/C16H21ClN2O5S/c1-10(15(20)19-11-5-3-4-6-11)24-16(21)13-9-12(7-8-14(13)17)25(22,23)18-2/h7-11,18H,3-6H2,1-2H3,(H,19,20)/t10-/m0/s1. The Kier molecular flexibility index (Phi) is 6.42. The summed E-state index contributed by atoms with van der Waals surface area (Å²) in [4.78, 5) is 24.3. The number of ether oxygens (including phenoxy) is 1. The zero-order valence-electron chi connectivity index (χ0n) is 14.0. The average Bonchev–Trinajstić information content (AvgIpc) is 3.07. The summed E-state index contributed by atoms with van der Waals surface area (Å²) in [6.07, 6.45) is 2.97. The molecule has 1 atom stereocenters. The highest BCUT2D eigenvalue weighted by Crippen LogP contribution is 2.22. The van der Waals surface area contributed by atoms with Crippen LogP contribution in [0.5, 0.6) is 0 Å². The van der Waals surface area contributed by atoms with Crippen LogP contribution in [-0.2, 0) is 19.6 Å². The molecule has 1 aromatic carbocycles. The molecule has 25 heavy (non-hydrogen) atoms. The lowest BCUT2D eigenvalue weighted by molar-refractivity contribution is -0.129. The number of esters is 1. The van der Waals surface area contributed by atoms with Crippen molar-refractivity contribution in [3.8, 4) is 0 Å². The van der Waals surface area contributed by atoms with E-state index in [-0.39, 0.29) is 27.4 Å². The molecule has 0 spiro atoms. The Morgan fingerprint density at radius 2 is 1.92 bits per heavy atom. The van der Waals surface area contributed by atoms with Crippen LogP contribution < -0.4 is 10.0 Å². The van der Waals surface area contributed by atoms with Gasteiger partial charge in [0.1, 0.15) is 0 Å². The van der Waals surface area contributed by atoms with Crippen molar-refractivity contribution in [2.24, 2.45) is 0 Å². The maximum absolute atomic E-state index is 12.3. The molecular weight excluding hydrogens is 368 g/mol. The lowest BCUT2D eigenvalue weighted by Crippen LogP contribution is -2.40. The third kappa shape index (κ3) is 4.93. The monoisotopic (exact) mass is 388 g/mol. The summed E-state index contributed by atoms with van der Waals surface area (Å²) < 4.78 is 31.0. The molecule has 1 fully saturated rings. The van der Waals surface area contributed by atoms with Gasteiger partial charge in [-0.15, -0.1) is 0 Å². The molecule has 1 aliphatic carbocycles. The highest BCUT2D eigenvalue weighted by atomic mass is 35.5. The Bertz CT molecular complexity index is 760. The summed E-state index contributed by atoms with van der Waals surface area (Å²) in [5.41, 5.74) is -0.112. The molecule has 0 aromatic heterocycles. The molecule has 2 rings (SSSR count). The summed E-state index contributed by atoms with van der Waals surface area (Å²) in [6, 6.07) is 3.81. The molecule has 1 aliphatic rings. The van der Waals surface area contributed by atoms with Gasteiger partial charge in [-0.3, -0.25) is 4.79 Å². The average molecular weight is 389 g/mol. The van der Waals surface area contributed by atoms with Crippen molar-refractivity contribution >= 4 is 33.5 Å². The van der Waals surface area contributed by atoms with Crippen LogP contribution in [-0.4, -0.2) is 39.5 Å². The van der Waals surface area contributed by atoms with E-state index in [4.69, 9.17) is 16.3 Å². The van der Waals surface area contributed by atoms with Crippen LogP contribution in [0.4, 0.5) is 0 Å². The molecule has 1 aromatic rings. The number of halogens is 1.